The second kappa shape index (κ2) is 6.67. The quantitative estimate of drug-likeness (QED) is 0.628. The summed E-state index contributed by atoms with van der Waals surface area (Å²) in [5.41, 5.74) is 3.68. The molecule has 6 heteroatoms. The molecule has 1 aromatic rings. The number of piperidine rings is 1. The molecule has 3 N–H and O–H groups in total. The minimum absolute atomic E-state index is 0.0371. The van der Waals surface area contributed by atoms with Crippen molar-refractivity contribution in [1.82, 2.24) is 14.8 Å². The van der Waals surface area contributed by atoms with Gasteiger partial charge < -0.3 is 15.2 Å². The zero-order valence-corrected chi connectivity index (χ0v) is 12.2. The molecule has 0 aliphatic carbocycles. The summed E-state index contributed by atoms with van der Waals surface area (Å²) >= 11 is 0. The third-order valence-corrected chi connectivity index (χ3v) is 3.92. The van der Waals surface area contributed by atoms with Crippen LogP contribution in [-0.4, -0.2) is 54.4 Å². The Morgan fingerprint density at radius 2 is 2.25 bits per heavy atom. The average Bonchev–Trinajstić information content (AvgIpc) is 2.48. The highest BCUT2D eigenvalue weighted by molar-refractivity contribution is 5.99. The van der Waals surface area contributed by atoms with Gasteiger partial charge in [-0.25, -0.2) is 0 Å². The van der Waals surface area contributed by atoms with Gasteiger partial charge in [-0.15, -0.1) is 0 Å². The fourth-order valence-corrected chi connectivity index (χ4v) is 2.61. The number of hydrogen-bond donors (Lipinski definition) is 2. The Balaban J connectivity index is 1.98. The topological polar surface area (TPSA) is 74.5 Å². The maximum atomic E-state index is 12.4. The largest absolute Gasteiger partial charge is 0.341 e. The van der Waals surface area contributed by atoms with Crippen LogP contribution in [0.15, 0.2) is 18.5 Å². The van der Waals surface area contributed by atoms with E-state index in [-0.39, 0.29) is 5.91 Å². The van der Waals surface area contributed by atoms with Gasteiger partial charge in [-0.3, -0.25) is 15.6 Å². The van der Waals surface area contributed by atoms with Crippen LogP contribution in [0, 0.1) is 5.92 Å². The van der Waals surface area contributed by atoms with E-state index >= 15 is 0 Å². The van der Waals surface area contributed by atoms with Gasteiger partial charge in [0, 0.05) is 26.0 Å². The molecule has 6 nitrogen and oxygen atoms in total. The fraction of sp³-hybridized carbons (Fsp3) is 0.571. The van der Waals surface area contributed by atoms with Crippen LogP contribution in [0.25, 0.3) is 0 Å². The van der Waals surface area contributed by atoms with E-state index in [4.69, 9.17) is 5.84 Å². The predicted molar refractivity (Wildman–Crippen MR) is 79.2 cm³/mol. The molecular weight excluding hydrogens is 254 g/mol. The second-order valence-corrected chi connectivity index (χ2v) is 5.50. The number of nitrogens with one attached hydrogen (secondary N) is 1. The number of amides is 1. The van der Waals surface area contributed by atoms with Crippen molar-refractivity contribution in [3.05, 3.63) is 24.0 Å². The van der Waals surface area contributed by atoms with E-state index < -0.39 is 0 Å². The smallest absolute Gasteiger partial charge is 0.257 e. The summed E-state index contributed by atoms with van der Waals surface area (Å²) in [6.07, 6.45) is 5.46. The molecule has 1 fully saturated rings. The van der Waals surface area contributed by atoms with E-state index in [0.29, 0.717) is 17.2 Å². The molecule has 0 radical (unpaired) electrons. The molecule has 0 saturated carbocycles. The third-order valence-electron chi connectivity index (χ3n) is 3.92. The summed E-state index contributed by atoms with van der Waals surface area (Å²) in [5.74, 6) is 5.97. The number of pyridine rings is 1. The van der Waals surface area contributed by atoms with Crippen LogP contribution >= 0.6 is 0 Å². The Morgan fingerprint density at radius 3 is 2.90 bits per heavy atom. The molecular formula is C14H23N5O. The minimum atomic E-state index is -0.0371. The van der Waals surface area contributed by atoms with Crippen LogP contribution in [0.2, 0.25) is 0 Å². The van der Waals surface area contributed by atoms with E-state index in [9.17, 15) is 4.79 Å². The molecule has 1 aromatic heterocycles. The summed E-state index contributed by atoms with van der Waals surface area (Å²) in [6.45, 7) is 3.00. The standard InChI is InChI=1S/C14H23N5O/c1-18-7-4-11(5-8-18)10-19(2)14(20)12-9-16-6-3-13(12)17-15/h3,6,9,11H,4-5,7-8,10,15H2,1-2H3,(H,16,17). The second-order valence-electron chi connectivity index (χ2n) is 5.50. The lowest BCUT2D eigenvalue weighted by Gasteiger charge is -2.31. The van der Waals surface area contributed by atoms with Gasteiger partial charge in [0.2, 0.25) is 0 Å². The van der Waals surface area contributed by atoms with Crippen LogP contribution in [-0.2, 0) is 0 Å². The Labute approximate surface area is 119 Å². The van der Waals surface area contributed by atoms with Crippen molar-refractivity contribution >= 4 is 11.6 Å². The van der Waals surface area contributed by atoms with Gasteiger partial charge >= 0.3 is 0 Å². The van der Waals surface area contributed by atoms with Gasteiger partial charge in [0.15, 0.2) is 0 Å². The highest BCUT2D eigenvalue weighted by Gasteiger charge is 2.22. The number of likely N-dealkylation sites (tertiary alicyclic amines) is 1. The number of hydrogen-bond acceptors (Lipinski definition) is 5. The first-order chi connectivity index (χ1) is 9.61. The molecule has 0 aromatic carbocycles. The number of carbonyl (C=O) groups is 1. The summed E-state index contributed by atoms with van der Waals surface area (Å²) in [7, 11) is 3.98. The number of rotatable bonds is 4. The Kier molecular flexibility index (Phi) is 4.92. The molecule has 1 aliphatic rings. The highest BCUT2D eigenvalue weighted by Crippen LogP contribution is 2.19. The van der Waals surface area contributed by atoms with Crippen molar-refractivity contribution in [3.63, 3.8) is 0 Å². The summed E-state index contributed by atoms with van der Waals surface area (Å²) in [6, 6.07) is 1.71. The van der Waals surface area contributed by atoms with Gasteiger partial charge in [0.05, 0.1) is 11.3 Å². The van der Waals surface area contributed by atoms with Gasteiger partial charge in [0.25, 0.3) is 5.91 Å². The van der Waals surface area contributed by atoms with Crippen LogP contribution in [0.4, 0.5) is 5.69 Å². The molecule has 0 unspecified atom stereocenters. The molecule has 0 spiro atoms. The Hall–Kier alpha value is -1.66. The van der Waals surface area contributed by atoms with E-state index in [2.05, 4.69) is 22.4 Å². The summed E-state index contributed by atoms with van der Waals surface area (Å²) in [5, 5.41) is 0. The number of aromatic nitrogens is 1. The number of hydrazine groups is 1. The molecule has 1 saturated heterocycles. The first-order valence-electron chi connectivity index (χ1n) is 6.96. The first-order valence-corrected chi connectivity index (χ1v) is 6.96. The zero-order valence-electron chi connectivity index (χ0n) is 12.2. The molecule has 2 rings (SSSR count). The van der Waals surface area contributed by atoms with Gasteiger partial charge in [-0.1, -0.05) is 0 Å². The average molecular weight is 277 g/mol. The van der Waals surface area contributed by atoms with E-state index in [1.165, 1.54) is 0 Å². The van der Waals surface area contributed by atoms with Gasteiger partial charge in [0.1, 0.15) is 0 Å². The van der Waals surface area contributed by atoms with E-state index in [1.54, 1.807) is 23.4 Å². The zero-order chi connectivity index (χ0) is 14.5. The van der Waals surface area contributed by atoms with Crippen molar-refractivity contribution in [2.24, 2.45) is 11.8 Å². The van der Waals surface area contributed by atoms with Crippen molar-refractivity contribution in [2.75, 3.05) is 39.2 Å². The summed E-state index contributed by atoms with van der Waals surface area (Å²) < 4.78 is 0. The SMILES string of the molecule is CN1CCC(CN(C)C(=O)c2cnccc2NN)CC1. The van der Waals surface area contributed by atoms with E-state index in [1.807, 2.05) is 7.05 Å². The van der Waals surface area contributed by atoms with Gasteiger partial charge in [-0.2, -0.15) is 0 Å². The Bertz CT molecular complexity index is 457. The monoisotopic (exact) mass is 277 g/mol. The maximum absolute atomic E-state index is 12.4. The number of nitrogen functional groups attached to an aromatic ring is 1. The van der Waals surface area contributed by atoms with Gasteiger partial charge in [-0.05, 0) is 45.0 Å². The van der Waals surface area contributed by atoms with E-state index in [0.717, 1.165) is 32.5 Å². The van der Waals surface area contributed by atoms with Crippen LogP contribution in [0.1, 0.15) is 23.2 Å². The maximum Gasteiger partial charge on any atom is 0.257 e. The normalized spacial score (nSPS) is 16.9. The van der Waals surface area contributed by atoms with Crippen molar-refractivity contribution in [3.8, 4) is 0 Å². The van der Waals surface area contributed by atoms with Crippen LogP contribution < -0.4 is 11.3 Å². The van der Waals surface area contributed by atoms with Crippen molar-refractivity contribution < 1.29 is 4.79 Å². The molecule has 20 heavy (non-hydrogen) atoms. The highest BCUT2D eigenvalue weighted by atomic mass is 16.2. The van der Waals surface area contributed by atoms with Crippen molar-refractivity contribution in [1.29, 1.82) is 0 Å². The fourth-order valence-electron chi connectivity index (χ4n) is 2.61. The molecule has 110 valence electrons. The third kappa shape index (κ3) is 3.46. The number of anilines is 1. The molecule has 0 bridgehead atoms. The number of nitrogens with zero attached hydrogens (tertiary/aromatic N) is 3. The lowest BCUT2D eigenvalue weighted by molar-refractivity contribution is 0.0747. The van der Waals surface area contributed by atoms with Crippen LogP contribution in [0.5, 0.6) is 0 Å². The molecule has 2 heterocycles. The lowest BCUT2D eigenvalue weighted by Crippen LogP contribution is -2.38. The summed E-state index contributed by atoms with van der Waals surface area (Å²) in [4.78, 5) is 20.5. The minimum Gasteiger partial charge on any atom is -0.341 e. The van der Waals surface area contributed by atoms with Crippen molar-refractivity contribution in [2.45, 2.75) is 12.8 Å². The Morgan fingerprint density at radius 1 is 1.55 bits per heavy atom. The number of nitrogens with two attached hydrogens (primary N) is 1. The van der Waals surface area contributed by atoms with Crippen LogP contribution in [0.3, 0.4) is 0 Å². The molecule has 1 aliphatic heterocycles. The molecule has 0 atom stereocenters. The predicted octanol–water partition coefficient (Wildman–Crippen LogP) is 0.781. The first kappa shape index (κ1) is 14.7. The number of carbonyl (C=O) groups excluding carboxylic acids is 1. The lowest BCUT2D eigenvalue weighted by atomic mass is 9.96. The molecule has 1 amide bonds.